The highest BCUT2D eigenvalue weighted by Gasteiger charge is 2.24. The number of sulfonamides is 1. The first kappa shape index (κ1) is 19.0. The van der Waals surface area contributed by atoms with Crippen LogP contribution in [-0.4, -0.2) is 41.3 Å². The van der Waals surface area contributed by atoms with Crippen molar-refractivity contribution in [3.63, 3.8) is 0 Å². The molecule has 8 heteroatoms. The van der Waals surface area contributed by atoms with E-state index in [1.807, 2.05) is 0 Å². The van der Waals surface area contributed by atoms with Crippen LogP contribution in [-0.2, 0) is 16.4 Å². The Bertz CT molecular complexity index is 972. The summed E-state index contributed by atoms with van der Waals surface area (Å²) in [5.41, 5.74) is 2.55. The number of amides is 1. The minimum absolute atomic E-state index is 0.276. The molecule has 2 aromatic rings. The van der Waals surface area contributed by atoms with Gasteiger partial charge < -0.3 is 14.8 Å². The van der Waals surface area contributed by atoms with Crippen LogP contribution < -0.4 is 19.1 Å². The average molecular weight is 390 g/mol. The molecule has 1 aliphatic rings. The second kappa shape index (κ2) is 7.48. The molecule has 0 radical (unpaired) electrons. The number of aryl methyl sites for hydroxylation is 1. The van der Waals surface area contributed by atoms with E-state index in [1.54, 1.807) is 43.5 Å². The number of nitrogens with zero attached hydrogens (tertiary/aromatic N) is 1. The number of fused-ring (bicyclic) bond motifs is 1. The van der Waals surface area contributed by atoms with Crippen molar-refractivity contribution in [1.29, 1.82) is 0 Å². The zero-order valence-corrected chi connectivity index (χ0v) is 16.3. The summed E-state index contributed by atoms with van der Waals surface area (Å²) in [5.74, 6) is 0.816. The first-order chi connectivity index (χ1) is 12.8. The van der Waals surface area contributed by atoms with Gasteiger partial charge in [0, 0.05) is 23.9 Å². The van der Waals surface area contributed by atoms with Crippen LogP contribution in [0.3, 0.4) is 0 Å². The normalized spacial score (nSPS) is 13.7. The minimum atomic E-state index is -3.33. The molecule has 3 rings (SSSR count). The maximum atomic E-state index is 12.6. The summed E-state index contributed by atoms with van der Waals surface area (Å²) < 4.78 is 35.7. The van der Waals surface area contributed by atoms with E-state index in [9.17, 15) is 13.2 Å². The van der Waals surface area contributed by atoms with Gasteiger partial charge >= 0.3 is 0 Å². The lowest BCUT2D eigenvalue weighted by atomic mass is 10.0. The number of carbonyl (C=O) groups is 1. The van der Waals surface area contributed by atoms with Crippen molar-refractivity contribution in [2.45, 2.75) is 12.8 Å². The molecule has 0 unspecified atom stereocenters. The van der Waals surface area contributed by atoms with Gasteiger partial charge in [-0.25, -0.2) is 8.42 Å². The van der Waals surface area contributed by atoms with E-state index in [0.717, 1.165) is 18.4 Å². The summed E-state index contributed by atoms with van der Waals surface area (Å²) in [7, 11) is -0.255. The Morgan fingerprint density at radius 2 is 1.81 bits per heavy atom. The van der Waals surface area contributed by atoms with Crippen molar-refractivity contribution in [2.75, 3.05) is 36.6 Å². The largest absolute Gasteiger partial charge is 0.493 e. The summed E-state index contributed by atoms with van der Waals surface area (Å²) in [5, 5.41) is 2.83. The summed E-state index contributed by atoms with van der Waals surface area (Å²) in [4.78, 5) is 12.6. The molecule has 27 heavy (non-hydrogen) atoms. The fraction of sp³-hybridized carbons (Fsp3) is 0.316. The van der Waals surface area contributed by atoms with Crippen LogP contribution >= 0.6 is 0 Å². The monoisotopic (exact) mass is 390 g/mol. The van der Waals surface area contributed by atoms with E-state index in [0.29, 0.717) is 35.0 Å². The maximum absolute atomic E-state index is 12.6. The summed E-state index contributed by atoms with van der Waals surface area (Å²) in [6, 6.07) is 10.2. The Hall–Kier alpha value is -2.74. The van der Waals surface area contributed by atoms with Crippen LogP contribution in [0.5, 0.6) is 11.5 Å². The molecule has 2 aromatic carbocycles. The lowest BCUT2D eigenvalue weighted by molar-refractivity contribution is 0.102. The molecule has 1 heterocycles. The van der Waals surface area contributed by atoms with Gasteiger partial charge in [0.1, 0.15) is 0 Å². The van der Waals surface area contributed by atoms with Gasteiger partial charge in [-0.05, 0) is 48.7 Å². The van der Waals surface area contributed by atoms with Gasteiger partial charge in [-0.3, -0.25) is 9.10 Å². The van der Waals surface area contributed by atoms with Gasteiger partial charge in [-0.1, -0.05) is 0 Å². The molecule has 0 spiro atoms. The number of carbonyl (C=O) groups excluding carboxylic acids is 1. The van der Waals surface area contributed by atoms with E-state index in [2.05, 4.69) is 5.32 Å². The molecule has 0 aliphatic carbocycles. The van der Waals surface area contributed by atoms with Gasteiger partial charge in [0.25, 0.3) is 5.91 Å². The average Bonchev–Trinajstić information content (AvgIpc) is 2.66. The van der Waals surface area contributed by atoms with Crippen LogP contribution in [0.2, 0.25) is 0 Å². The van der Waals surface area contributed by atoms with E-state index in [1.165, 1.54) is 17.7 Å². The van der Waals surface area contributed by atoms with Gasteiger partial charge in [-0.2, -0.15) is 0 Å². The Morgan fingerprint density at radius 1 is 1.07 bits per heavy atom. The standard InChI is InChI=1S/C19H22N2O5S/c1-25-17-9-7-15(12-18(17)26-2)20-19(22)14-6-8-16-13(11-14)5-4-10-21(16)27(3,23)24/h6-9,11-12H,4-5,10H2,1-3H3,(H,20,22). The Balaban J connectivity index is 1.84. The predicted molar refractivity (Wildman–Crippen MR) is 104 cm³/mol. The van der Waals surface area contributed by atoms with Crippen LogP contribution in [0, 0.1) is 0 Å². The summed E-state index contributed by atoms with van der Waals surface area (Å²) in [6.45, 7) is 0.461. The van der Waals surface area contributed by atoms with Crippen LogP contribution in [0.15, 0.2) is 36.4 Å². The van der Waals surface area contributed by atoms with Crippen molar-refractivity contribution in [3.8, 4) is 11.5 Å². The molecule has 7 nitrogen and oxygen atoms in total. The van der Waals surface area contributed by atoms with Crippen molar-refractivity contribution >= 4 is 27.3 Å². The molecule has 144 valence electrons. The molecule has 0 atom stereocenters. The molecular weight excluding hydrogens is 368 g/mol. The molecule has 1 amide bonds. The molecule has 0 bridgehead atoms. The zero-order valence-electron chi connectivity index (χ0n) is 15.5. The number of ether oxygens (including phenoxy) is 2. The first-order valence-electron chi connectivity index (χ1n) is 8.47. The number of methoxy groups -OCH3 is 2. The van der Waals surface area contributed by atoms with Gasteiger partial charge in [0.15, 0.2) is 11.5 Å². The molecular formula is C19H22N2O5S. The van der Waals surface area contributed by atoms with E-state index in [4.69, 9.17) is 9.47 Å². The number of anilines is 2. The van der Waals surface area contributed by atoms with Gasteiger partial charge in [0.05, 0.1) is 26.2 Å². The number of benzene rings is 2. The summed E-state index contributed by atoms with van der Waals surface area (Å²) >= 11 is 0. The van der Waals surface area contributed by atoms with Crippen LogP contribution in [0.25, 0.3) is 0 Å². The Morgan fingerprint density at radius 3 is 2.48 bits per heavy atom. The molecule has 1 N–H and O–H groups in total. The topological polar surface area (TPSA) is 84.9 Å². The zero-order chi connectivity index (χ0) is 19.6. The quantitative estimate of drug-likeness (QED) is 0.848. The third-order valence-corrected chi connectivity index (χ3v) is 5.64. The Kier molecular flexibility index (Phi) is 5.27. The summed E-state index contributed by atoms with van der Waals surface area (Å²) in [6.07, 6.45) is 2.65. The van der Waals surface area contributed by atoms with Crippen molar-refractivity contribution in [2.24, 2.45) is 0 Å². The second-order valence-electron chi connectivity index (χ2n) is 6.31. The van der Waals surface area contributed by atoms with Crippen molar-refractivity contribution in [1.82, 2.24) is 0 Å². The van der Waals surface area contributed by atoms with E-state index in [-0.39, 0.29) is 5.91 Å². The van der Waals surface area contributed by atoms with Gasteiger partial charge in [-0.15, -0.1) is 0 Å². The molecule has 1 aliphatic heterocycles. The molecule has 0 saturated heterocycles. The molecule has 0 fully saturated rings. The third-order valence-electron chi connectivity index (χ3n) is 4.46. The number of nitrogens with one attached hydrogen (secondary N) is 1. The first-order valence-corrected chi connectivity index (χ1v) is 10.3. The highest BCUT2D eigenvalue weighted by atomic mass is 32.2. The lowest BCUT2D eigenvalue weighted by Crippen LogP contribution is -2.34. The van der Waals surface area contributed by atoms with Crippen molar-refractivity contribution in [3.05, 3.63) is 47.5 Å². The SMILES string of the molecule is COc1ccc(NC(=O)c2ccc3c(c2)CCCN3S(C)(=O)=O)cc1OC. The maximum Gasteiger partial charge on any atom is 0.255 e. The number of hydrogen-bond donors (Lipinski definition) is 1. The number of rotatable bonds is 5. The molecule has 0 saturated carbocycles. The predicted octanol–water partition coefficient (Wildman–Crippen LogP) is 2.67. The smallest absolute Gasteiger partial charge is 0.255 e. The van der Waals surface area contributed by atoms with Crippen molar-refractivity contribution < 1.29 is 22.7 Å². The van der Waals surface area contributed by atoms with E-state index < -0.39 is 10.0 Å². The highest BCUT2D eigenvalue weighted by Crippen LogP contribution is 2.31. The van der Waals surface area contributed by atoms with E-state index >= 15 is 0 Å². The van der Waals surface area contributed by atoms with Crippen LogP contribution in [0.4, 0.5) is 11.4 Å². The van der Waals surface area contributed by atoms with Crippen LogP contribution in [0.1, 0.15) is 22.3 Å². The Labute approximate surface area is 158 Å². The third kappa shape index (κ3) is 4.00. The second-order valence-corrected chi connectivity index (χ2v) is 8.21. The fourth-order valence-corrected chi connectivity index (χ4v) is 4.16. The fourth-order valence-electron chi connectivity index (χ4n) is 3.17. The highest BCUT2D eigenvalue weighted by molar-refractivity contribution is 7.92. The lowest BCUT2D eigenvalue weighted by Gasteiger charge is -2.29. The minimum Gasteiger partial charge on any atom is -0.493 e. The molecule has 0 aromatic heterocycles. The van der Waals surface area contributed by atoms with Gasteiger partial charge in [0.2, 0.25) is 10.0 Å². The number of hydrogen-bond acceptors (Lipinski definition) is 5.